The number of aromatic carboxylic acids is 1. The number of rotatable bonds is 3. The van der Waals surface area contributed by atoms with Crippen molar-refractivity contribution in [3.05, 3.63) is 53.9 Å². The third-order valence-corrected chi connectivity index (χ3v) is 2.53. The SMILES string of the molecule is O=C(O)c1ccc2nc(Cc3ccco3)nn2c1. The molecule has 0 radical (unpaired) electrons. The first-order chi connectivity index (χ1) is 8.72. The Morgan fingerprint density at radius 3 is 3.00 bits per heavy atom. The molecule has 0 aliphatic carbocycles. The van der Waals surface area contributed by atoms with E-state index >= 15 is 0 Å². The second-order valence-corrected chi connectivity index (χ2v) is 3.81. The molecule has 3 aromatic rings. The van der Waals surface area contributed by atoms with Gasteiger partial charge in [0.05, 0.1) is 18.2 Å². The summed E-state index contributed by atoms with van der Waals surface area (Å²) in [5.41, 5.74) is 0.790. The average Bonchev–Trinajstić information content (AvgIpc) is 2.96. The Labute approximate surface area is 101 Å². The molecule has 0 atom stereocenters. The van der Waals surface area contributed by atoms with Crippen LogP contribution in [0, 0.1) is 0 Å². The number of carboxylic acids is 1. The van der Waals surface area contributed by atoms with Gasteiger partial charge in [-0.25, -0.2) is 14.3 Å². The van der Waals surface area contributed by atoms with Crippen LogP contribution in [0.15, 0.2) is 41.1 Å². The third-order valence-electron chi connectivity index (χ3n) is 2.53. The van der Waals surface area contributed by atoms with E-state index in [1.54, 1.807) is 18.4 Å². The molecule has 0 fully saturated rings. The van der Waals surface area contributed by atoms with E-state index in [1.807, 2.05) is 6.07 Å². The number of hydrogen-bond donors (Lipinski definition) is 1. The number of hydrogen-bond acceptors (Lipinski definition) is 4. The molecule has 3 heterocycles. The summed E-state index contributed by atoms with van der Waals surface area (Å²) in [6.45, 7) is 0. The van der Waals surface area contributed by atoms with E-state index in [2.05, 4.69) is 10.1 Å². The van der Waals surface area contributed by atoms with Gasteiger partial charge in [0.25, 0.3) is 0 Å². The van der Waals surface area contributed by atoms with Crippen molar-refractivity contribution in [1.82, 2.24) is 14.6 Å². The Balaban J connectivity index is 1.98. The van der Waals surface area contributed by atoms with Crippen LogP contribution in [0.25, 0.3) is 5.65 Å². The molecule has 18 heavy (non-hydrogen) atoms. The average molecular weight is 243 g/mol. The molecule has 90 valence electrons. The van der Waals surface area contributed by atoms with Crippen molar-refractivity contribution in [2.75, 3.05) is 0 Å². The highest BCUT2D eigenvalue weighted by Gasteiger charge is 2.09. The van der Waals surface area contributed by atoms with Crippen molar-refractivity contribution in [3.8, 4) is 0 Å². The molecule has 6 nitrogen and oxygen atoms in total. The van der Waals surface area contributed by atoms with Gasteiger partial charge in [-0.15, -0.1) is 0 Å². The number of nitrogens with zero attached hydrogens (tertiary/aromatic N) is 3. The van der Waals surface area contributed by atoms with E-state index in [9.17, 15) is 4.79 Å². The van der Waals surface area contributed by atoms with Crippen molar-refractivity contribution in [2.24, 2.45) is 0 Å². The molecule has 6 heteroatoms. The van der Waals surface area contributed by atoms with Crippen molar-refractivity contribution in [3.63, 3.8) is 0 Å². The molecule has 0 spiro atoms. The van der Waals surface area contributed by atoms with E-state index in [0.29, 0.717) is 17.9 Å². The fourth-order valence-electron chi connectivity index (χ4n) is 1.70. The highest BCUT2D eigenvalue weighted by molar-refractivity contribution is 5.87. The summed E-state index contributed by atoms with van der Waals surface area (Å²) in [7, 11) is 0. The summed E-state index contributed by atoms with van der Waals surface area (Å²) in [6.07, 6.45) is 3.51. The van der Waals surface area contributed by atoms with Crippen LogP contribution in [0.2, 0.25) is 0 Å². The molecule has 0 unspecified atom stereocenters. The van der Waals surface area contributed by atoms with Gasteiger partial charge in [-0.05, 0) is 24.3 Å². The van der Waals surface area contributed by atoms with Crippen molar-refractivity contribution < 1.29 is 14.3 Å². The molecule has 0 aliphatic heterocycles. The van der Waals surface area contributed by atoms with Crippen molar-refractivity contribution in [1.29, 1.82) is 0 Å². The minimum absolute atomic E-state index is 0.178. The highest BCUT2D eigenvalue weighted by Crippen LogP contribution is 2.09. The summed E-state index contributed by atoms with van der Waals surface area (Å²) in [5.74, 6) is 0.372. The largest absolute Gasteiger partial charge is 0.478 e. The molecule has 0 saturated carbocycles. The van der Waals surface area contributed by atoms with Gasteiger partial charge in [-0.2, -0.15) is 5.10 Å². The zero-order chi connectivity index (χ0) is 12.5. The lowest BCUT2D eigenvalue weighted by Crippen LogP contribution is -1.99. The summed E-state index contributed by atoms with van der Waals surface area (Å²) < 4.78 is 6.67. The Bertz CT molecular complexity index is 701. The van der Waals surface area contributed by atoms with Crippen molar-refractivity contribution >= 4 is 11.6 Å². The van der Waals surface area contributed by atoms with Gasteiger partial charge >= 0.3 is 5.97 Å². The molecule has 3 rings (SSSR count). The monoisotopic (exact) mass is 243 g/mol. The maximum absolute atomic E-state index is 10.8. The molecule has 1 N–H and O–H groups in total. The second-order valence-electron chi connectivity index (χ2n) is 3.81. The number of carboxylic acid groups (broad SMARTS) is 1. The van der Waals surface area contributed by atoms with Gasteiger partial charge in [0, 0.05) is 6.20 Å². The fraction of sp³-hybridized carbons (Fsp3) is 0.0833. The smallest absolute Gasteiger partial charge is 0.337 e. The normalized spacial score (nSPS) is 10.9. The first kappa shape index (κ1) is 10.5. The molecule has 0 amide bonds. The quantitative estimate of drug-likeness (QED) is 0.755. The van der Waals surface area contributed by atoms with E-state index in [-0.39, 0.29) is 5.56 Å². The summed E-state index contributed by atoms with van der Waals surface area (Å²) in [6, 6.07) is 6.77. The van der Waals surface area contributed by atoms with E-state index in [0.717, 1.165) is 5.76 Å². The molecule has 3 aromatic heterocycles. The van der Waals surface area contributed by atoms with Crippen molar-refractivity contribution in [2.45, 2.75) is 6.42 Å². The zero-order valence-electron chi connectivity index (χ0n) is 9.28. The van der Waals surface area contributed by atoms with Gasteiger partial charge < -0.3 is 9.52 Å². The Kier molecular flexibility index (Phi) is 2.33. The maximum atomic E-state index is 10.8. The number of aromatic nitrogens is 3. The van der Waals surface area contributed by atoms with Gasteiger partial charge in [-0.1, -0.05) is 0 Å². The second kappa shape index (κ2) is 3.99. The van der Waals surface area contributed by atoms with E-state index in [4.69, 9.17) is 9.52 Å². The van der Waals surface area contributed by atoms with Gasteiger partial charge in [0.1, 0.15) is 5.76 Å². The van der Waals surface area contributed by atoms with Crippen LogP contribution in [0.4, 0.5) is 0 Å². The van der Waals surface area contributed by atoms with Crippen LogP contribution >= 0.6 is 0 Å². The summed E-state index contributed by atoms with van der Waals surface area (Å²) in [5, 5.41) is 13.1. The Morgan fingerprint density at radius 2 is 2.28 bits per heavy atom. The van der Waals surface area contributed by atoms with Gasteiger partial charge in [0.15, 0.2) is 11.5 Å². The number of carbonyl (C=O) groups is 1. The minimum atomic E-state index is -0.986. The molecule has 0 aliphatic rings. The third kappa shape index (κ3) is 1.84. The predicted molar refractivity (Wildman–Crippen MR) is 61.5 cm³/mol. The molecule has 0 saturated heterocycles. The van der Waals surface area contributed by atoms with Crippen LogP contribution < -0.4 is 0 Å². The lowest BCUT2D eigenvalue weighted by molar-refractivity contribution is 0.0696. The van der Waals surface area contributed by atoms with E-state index in [1.165, 1.54) is 16.8 Å². The number of pyridine rings is 1. The Hall–Kier alpha value is -2.63. The number of furan rings is 1. The molecular weight excluding hydrogens is 234 g/mol. The van der Waals surface area contributed by atoms with Gasteiger partial charge in [-0.3, -0.25) is 0 Å². The first-order valence-electron chi connectivity index (χ1n) is 5.33. The maximum Gasteiger partial charge on any atom is 0.337 e. The lowest BCUT2D eigenvalue weighted by Gasteiger charge is -1.93. The lowest BCUT2D eigenvalue weighted by atomic mass is 10.3. The standard InChI is InChI=1S/C12H9N3O3/c16-12(17)8-3-4-11-13-10(14-15(11)7-8)6-9-2-1-5-18-9/h1-5,7H,6H2,(H,16,17). The zero-order valence-corrected chi connectivity index (χ0v) is 9.28. The highest BCUT2D eigenvalue weighted by atomic mass is 16.4. The van der Waals surface area contributed by atoms with Crippen LogP contribution in [0.5, 0.6) is 0 Å². The topological polar surface area (TPSA) is 80.6 Å². The number of fused-ring (bicyclic) bond motifs is 1. The molecule has 0 aromatic carbocycles. The fourth-order valence-corrected chi connectivity index (χ4v) is 1.70. The van der Waals surface area contributed by atoms with Crippen LogP contribution in [0.1, 0.15) is 21.9 Å². The van der Waals surface area contributed by atoms with Crippen LogP contribution in [0.3, 0.4) is 0 Å². The van der Waals surface area contributed by atoms with Crippen LogP contribution in [-0.4, -0.2) is 25.7 Å². The molecular formula is C12H9N3O3. The first-order valence-corrected chi connectivity index (χ1v) is 5.33. The summed E-state index contributed by atoms with van der Waals surface area (Å²) in [4.78, 5) is 15.1. The molecule has 0 bridgehead atoms. The summed E-state index contributed by atoms with van der Waals surface area (Å²) >= 11 is 0. The van der Waals surface area contributed by atoms with Crippen LogP contribution in [-0.2, 0) is 6.42 Å². The van der Waals surface area contributed by atoms with E-state index < -0.39 is 5.97 Å². The minimum Gasteiger partial charge on any atom is -0.478 e. The van der Waals surface area contributed by atoms with Gasteiger partial charge in [0.2, 0.25) is 0 Å². The predicted octanol–water partition coefficient (Wildman–Crippen LogP) is 1.61. The Morgan fingerprint density at radius 1 is 1.39 bits per heavy atom.